The highest BCUT2D eigenvalue weighted by molar-refractivity contribution is 5.93. The molecule has 0 aromatic carbocycles. The lowest BCUT2D eigenvalue weighted by Gasteiger charge is -2.92. The second kappa shape index (κ2) is 15.7. The van der Waals surface area contributed by atoms with Crippen LogP contribution in [0.1, 0.15) is 130 Å². The van der Waals surface area contributed by atoms with E-state index in [1.807, 2.05) is 0 Å². The highest BCUT2D eigenvalue weighted by Crippen LogP contribution is 2.98. The molecule has 8 fully saturated rings. The van der Waals surface area contributed by atoms with Gasteiger partial charge in [-0.1, -0.05) is 115 Å². The Labute approximate surface area is 447 Å². The summed E-state index contributed by atoms with van der Waals surface area (Å²) in [7, 11) is 1.72. The number of aliphatic carboxylic acids is 2. The number of aromatic amines is 1. The van der Waals surface area contributed by atoms with Gasteiger partial charge >= 0.3 is 11.9 Å². The monoisotopic (exact) mass is 1040 g/mol. The standard InChI is InChI=1S/C63H82N2O11/c1-8-10-11-13-35-25-41-40-15-14-36(24-34-31-64-30-33(34)9-2)63-48(40)54(3,4)43(75-50-46(68)44(66)45(67)47(76-50)49(69)70)29-57(63)20-16-37-26-42-59-19-12-18-55(5)27-39(32-74-7)58(59,53(72)73)22-23-61(42)56(41,6)62(37,63)38(17-21-57)28-60(35,61)52(71)65-51(55)59/h12,14-15,17,19,21,26,28,30-31,35-37,39-41,43-48,50-51,64,66-68H,8-11,13,16,18,20,22-25,27,29,32H2,1-7H3,(H,65,71)(H,69,70)(H,72,73). The Balaban J connectivity index is 1.09. The van der Waals surface area contributed by atoms with Crippen molar-refractivity contribution in [2.75, 3.05) is 13.7 Å². The molecule has 7 N–H and O–H groups in total. The van der Waals surface area contributed by atoms with Crippen LogP contribution in [0, 0.1) is 95.6 Å². The molecule has 4 spiro atoms. The van der Waals surface area contributed by atoms with Crippen molar-refractivity contribution in [2.45, 2.75) is 174 Å². The van der Waals surface area contributed by atoms with E-state index >= 15 is 9.59 Å². The van der Waals surface area contributed by atoms with Crippen molar-refractivity contribution < 1.29 is 54.1 Å². The minimum atomic E-state index is -1.84. The number of ether oxygens (including phenoxy) is 3. The first-order chi connectivity index (χ1) is 36.2. The predicted molar refractivity (Wildman–Crippen MR) is 281 cm³/mol. The van der Waals surface area contributed by atoms with E-state index in [4.69, 9.17) is 14.2 Å². The van der Waals surface area contributed by atoms with Crippen LogP contribution >= 0.6 is 0 Å². The van der Waals surface area contributed by atoms with Gasteiger partial charge < -0.3 is 50.0 Å². The number of rotatable bonds is 13. The number of amides is 1. The van der Waals surface area contributed by atoms with Crippen molar-refractivity contribution in [1.82, 2.24) is 10.3 Å². The second-order valence-electron chi connectivity index (χ2n) is 28.2. The van der Waals surface area contributed by atoms with Gasteiger partial charge in [0.25, 0.3) is 0 Å². The Morgan fingerprint density at radius 1 is 0.908 bits per heavy atom. The number of aliphatic hydroxyl groups excluding tert-OH is 3. The number of aryl methyl sites for hydroxylation is 1. The van der Waals surface area contributed by atoms with Crippen LogP contribution in [0.25, 0.3) is 0 Å². The lowest BCUT2D eigenvalue weighted by atomic mass is 9.10. The molecule has 23 atom stereocenters. The average molecular weight is 1040 g/mol. The smallest absolute Gasteiger partial charge is 0.335 e. The molecular weight excluding hydrogens is 961 g/mol. The summed E-state index contributed by atoms with van der Waals surface area (Å²) in [6, 6.07) is -0.427. The lowest BCUT2D eigenvalue weighted by Crippen LogP contribution is -2.89. The number of nitrogens with one attached hydrogen (secondary N) is 2. The number of carboxylic acid groups (broad SMARTS) is 2. The first kappa shape index (κ1) is 50.4. The largest absolute Gasteiger partial charge is 0.481 e. The molecule has 1 aromatic heterocycles. The number of H-pyrrole nitrogens is 1. The molecule has 410 valence electrons. The summed E-state index contributed by atoms with van der Waals surface area (Å²) >= 11 is 0. The van der Waals surface area contributed by atoms with Gasteiger partial charge in [-0.3, -0.25) is 9.59 Å². The van der Waals surface area contributed by atoms with Gasteiger partial charge in [0.2, 0.25) is 5.91 Å². The second-order valence-corrected chi connectivity index (χ2v) is 28.2. The number of carbonyl (C=O) groups excluding carboxylic acids is 1. The number of methoxy groups -OCH3 is 1. The van der Waals surface area contributed by atoms with Gasteiger partial charge in [-0.2, -0.15) is 0 Å². The number of hydrogen-bond acceptors (Lipinski definition) is 9. The summed E-state index contributed by atoms with van der Waals surface area (Å²) in [5.74, 6) is -2.36. The van der Waals surface area contributed by atoms with Crippen LogP contribution < -0.4 is 5.32 Å². The number of carboxylic acids is 2. The van der Waals surface area contributed by atoms with Crippen molar-refractivity contribution in [3.05, 3.63) is 83.3 Å². The zero-order valence-electron chi connectivity index (χ0n) is 45.6. The molecule has 1 amide bonds. The van der Waals surface area contributed by atoms with Gasteiger partial charge in [-0.25, -0.2) is 4.79 Å². The van der Waals surface area contributed by atoms with Gasteiger partial charge in [0.05, 0.1) is 23.5 Å². The van der Waals surface area contributed by atoms with Crippen molar-refractivity contribution in [3.8, 4) is 0 Å². The lowest BCUT2D eigenvalue weighted by molar-refractivity contribution is -0.404. The Morgan fingerprint density at radius 3 is 2.43 bits per heavy atom. The maximum absolute atomic E-state index is 17.1. The molecule has 23 unspecified atom stereocenters. The quantitative estimate of drug-likeness (QED) is 0.0569. The van der Waals surface area contributed by atoms with Crippen LogP contribution in [0.4, 0.5) is 0 Å². The molecule has 76 heavy (non-hydrogen) atoms. The van der Waals surface area contributed by atoms with Gasteiger partial charge in [0.15, 0.2) is 12.4 Å². The highest BCUT2D eigenvalue weighted by atomic mass is 16.7. The summed E-state index contributed by atoms with van der Waals surface area (Å²) in [6.45, 7) is 14.5. The van der Waals surface area contributed by atoms with Crippen molar-refractivity contribution in [2.24, 2.45) is 95.6 Å². The molecule has 13 nitrogen and oxygen atoms in total. The summed E-state index contributed by atoms with van der Waals surface area (Å²) < 4.78 is 19.3. The van der Waals surface area contributed by atoms with Gasteiger partial charge in [-0.15, -0.1) is 0 Å². The van der Waals surface area contributed by atoms with Crippen LogP contribution in [0.3, 0.4) is 0 Å². The number of fused-ring (bicyclic) bond motifs is 1. The van der Waals surface area contributed by atoms with E-state index in [2.05, 4.69) is 113 Å². The number of unbranched alkanes of at least 4 members (excludes halogenated alkanes) is 2. The third-order valence-electron chi connectivity index (χ3n) is 26.2. The summed E-state index contributed by atoms with van der Waals surface area (Å²) in [6.07, 6.45) is 26.5. The molecule has 0 radical (unpaired) electrons. The van der Waals surface area contributed by atoms with Crippen molar-refractivity contribution in [1.29, 1.82) is 0 Å². The maximum Gasteiger partial charge on any atom is 0.335 e. The van der Waals surface area contributed by atoms with Gasteiger partial charge in [-0.05, 0) is 144 Å². The summed E-state index contributed by atoms with van der Waals surface area (Å²) in [4.78, 5) is 48.3. The minimum absolute atomic E-state index is 0.000994. The molecule has 2 saturated heterocycles. The van der Waals surface area contributed by atoms with E-state index in [-0.39, 0.29) is 47.3 Å². The average Bonchev–Trinajstić information content (AvgIpc) is 0.964. The third kappa shape index (κ3) is 4.99. The molecule has 6 saturated carbocycles. The molecule has 2 aliphatic heterocycles. The van der Waals surface area contributed by atoms with Crippen LogP contribution in [0.15, 0.2) is 72.1 Å². The van der Waals surface area contributed by atoms with Crippen molar-refractivity contribution >= 4 is 17.8 Å². The molecule has 14 rings (SSSR count). The fraction of sp³-hybridized carbons (Fsp3) is 0.730. The number of carbonyl (C=O) groups is 3. The number of aliphatic hydroxyl groups is 3. The van der Waals surface area contributed by atoms with Gasteiger partial charge in [0.1, 0.15) is 18.3 Å². The minimum Gasteiger partial charge on any atom is -0.481 e. The molecule has 13 heteroatoms. The first-order valence-electron chi connectivity index (χ1n) is 29.5. The van der Waals surface area contributed by atoms with Crippen LogP contribution in [0.5, 0.6) is 0 Å². The zero-order chi connectivity index (χ0) is 53.3. The van der Waals surface area contributed by atoms with E-state index < -0.39 is 109 Å². The molecule has 13 aliphatic rings. The van der Waals surface area contributed by atoms with Crippen molar-refractivity contribution in [3.63, 3.8) is 0 Å². The van der Waals surface area contributed by atoms with E-state index in [1.165, 1.54) is 22.3 Å². The molecule has 9 bridgehead atoms. The number of hydrogen-bond donors (Lipinski definition) is 7. The Kier molecular flexibility index (Phi) is 10.4. The summed E-state index contributed by atoms with van der Waals surface area (Å²) in [5.41, 5.74) is -1.92. The number of aromatic nitrogens is 1. The van der Waals surface area contributed by atoms with E-state index in [0.717, 1.165) is 64.2 Å². The normalized spacial score (nSPS) is 53.3. The van der Waals surface area contributed by atoms with E-state index in [0.29, 0.717) is 32.3 Å². The predicted octanol–water partition coefficient (Wildman–Crippen LogP) is 8.26. The molecular formula is C63H82N2O11. The van der Waals surface area contributed by atoms with Crippen LogP contribution in [0.2, 0.25) is 0 Å². The summed E-state index contributed by atoms with van der Waals surface area (Å²) in [5, 5.41) is 60.3. The topological polar surface area (TPSA) is 208 Å². The Bertz CT molecular complexity index is 2860. The Hall–Kier alpha value is -3.85. The maximum atomic E-state index is 17.1. The highest BCUT2D eigenvalue weighted by Gasteiger charge is 2.96. The SMILES string of the molecule is CCCCCC1CC2C3C=CC(Cc4c[nH]cc4CC)C45C3C(C)(C)C(OC3OC(C(=O)O)C(O)C(O)C3O)CC43C=CC4=CC16C(=O)NC1C7(C)CC=CC18C1=CC(CC3)C45C2(C)C16CCC8(C(=O)O)C(COC)C7. The zero-order valence-corrected chi connectivity index (χ0v) is 45.6. The molecule has 11 aliphatic carbocycles. The molecule has 3 heterocycles. The fourth-order valence-electron chi connectivity index (χ4n) is 24.4. The first-order valence-corrected chi connectivity index (χ1v) is 29.5. The fourth-order valence-corrected chi connectivity index (χ4v) is 24.4. The van der Waals surface area contributed by atoms with E-state index in [1.54, 1.807) is 7.11 Å². The van der Waals surface area contributed by atoms with Crippen LogP contribution in [-0.4, -0.2) is 105 Å². The van der Waals surface area contributed by atoms with Crippen LogP contribution in [-0.2, 0) is 41.4 Å². The third-order valence-corrected chi connectivity index (χ3v) is 26.2. The van der Waals surface area contributed by atoms with Gasteiger partial charge in [0, 0.05) is 53.1 Å². The molecule has 1 aromatic rings. The number of allylic oxidation sites excluding steroid dienone is 7. The van der Waals surface area contributed by atoms with E-state index in [9.17, 15) is 30.3 Å². The Morgan fingerprint density at radius 2 is 1.70 bits per heavy atom.